The van der Waals surface area contributed by atoms with Crippen molar-refractivity contribution < 1.29 is 27.4 Å². The second kappa shape index (κ2) is 12.5. The Morgan fingerprint density at radius 1 is 0.884 bits per heavy atom. The molecule has 0 atom stereocenters. The summed E-state index contributed by atoms with van der Waals surface area (Å²) in [6, 6.07) is 22.1. The Labute approximate surface area is 258 Å². The van der Waals surface area contributed by atoms with Crippen LogP contribution in [0.4, 0.5) is 11.4 Å². The van der Waals surface area contributed by atoms with Crippen molar-refractivity contribution in [1.82, 2.24) is 4.98 Å². The van der Waals surface area contributed by atoms with Crippen LogP contribution in [0.1, 0.15) is 5.56 Å². The molecule has 0 saturated carbocycles. The number of fused-ring (bicyclic) bond motifs is 1. The predicted octanol–water partition coefficient (Wildman–Crippen LogP) is 6.78. The van der Waals surface area contributed by atoms with Crippen molar-refractivity contribution in [3.63, 3.8) is 0 Å². The summed E-state index contributed by atoms with van der Waals surface area (Å²) in [5.74, 6) is 0.218. The van der Waals surface area contributed by atoms with Gasteiger partial charge < -0.3 is 19.5 Å². The second-order valence-corrected chi connectivity index (χ2v) is 12.8. The quantitative estimate of drug-likeness (QED) is 0.180. The molecule has 1 aromatic heterocycles. The topological polar surface area (TPSA) is 107 Å². The smallest absolute Gasteiger partial charge is 0.265 e. The lowest BCUT2D eigenvalue weighted by Gasteiger charge is -2.26. The number of thiazole rings is 1. The third kappa shape index (κ3) is 6.38. The highest BCUT2D eigenvalue weighted by Crippen LogP contribution is 2.37. The minimum atomic E-state index is -4.32. The lowest BCUT2D eigenvalue weighted by Crippen LogP contribution is -2.38. The van der Waals surface area contributed by atoms with E-state index in [1.165, 1.54) is 57.2 Å². The van der Waals surface area contributed by atoms with Gasteiger partial charge in [0.05, 0.1) is 42.1 Å². The highest BCUT2D eigenvalue weighted by molar-refractivity contribution is 7.92. The van der Waals surface area contributed by atoms with Gasteiger partial charge in [-0.2, -0.15) is 0 Å². The molecule has 5 aromatic rings. The van der Waals surface area contributed by atoms with Crippen LogP contribution in [0.25, 0.3) is 20.8 Å². The first-order chi connectivity index (χ1) is 20.6. The molecule has 0 spiro atoms. The molecule has 4 aromatic carbocycles. The van der Waals surface area contributed by atoms with Crippen LogP contribution >= 0.6 is 22.9 Å². The molecule has 1 N–H and O–H groups in total. The predicted molar refractivity (Wildman–Crippen MR) is 171 cm³/mol. The molecule has 9 nitrogen and oxygen atoms in total. The second-order valence-electron chi connectivity index (χ2n) is 9.46. The Bertz CT molecular complexity index is 1910. The van der Waals surface area contributed by atoms with E-state index in [0.717, 1.165) is 25.1 Å². The van der Waals surface area contributed by atoms with Gasteiger partial charge in [-0.15, -0.1) is 11.3 Å². The molecule has 0 aliphatic rings. The maximum atomic E-state index is 14.0. The fourth-order valence-electron chi connectivity index (χ4n) is 4.44. The number of ether oxygens (including phenoxy) is 3. The van der Waals surface area contributed by atoms with Gasteiger partial charge in [-0.25, -0.2) is 13.4 Å². The van der Waals surface area contributed by atoms with Crippen LogP contribution in [-0.4, -0.2) is 47.2 Å². The molecule has 5 rings (SSSR count). The van der Waals surface area contributed by atoms with Gasteiger partial charge in [0.25, 0.3) is 10.0 Å². The van der Waals surface area contributed by atoms with Crippen molar-refractivity contribution in [2.24, 2.45) is 0 Å². The van der Waals surface area contributed by atoms with E-state index in [9.17, 15) is 13.2 Å². The molecule has 0 aliphatic heterocycles. The van der Waals surface area contributed by atoms with Crippen LogP contribution < -0.4 is 23.8 Å². The van der Waals surface area contributed by atoms with Gasteiger partial charge in [0.1, 0.15) is 17.3 Å². The standard InChI is InChI=1S/C31H28ClN3O6S2/c1-19-5-12-24-29(15-19)42-31(34-24)20-6-9-22(10-7-20)33-30(36)18-35(25-16-21(32)8-13-26(25)39-2)43(37,38)23-11-14-27(40-3)28(17-23)41-4/h5-17H,18H2,1-4H3,(H,33,36). The fourth-order valence-corrected chi connectivity index (χ4v) is 7.12. The van der Waals surface area contributed by atoms with Crippen LogP contribution in [0.15, 0.2) is 83.8 Å². The highest BCUT2D eigenvalue weighted by atomic mass is 35.5. The van der Waals surface area contributed by atoms with Gasteiger partial charge in [0.2, 0.25) is 5.91 Å². The summed E-state index contributed by atoms with van der Waals surface area (Å²) in [7, 11) is -0.0552. The van der Waals surface area contributed by atoms with Gasteiger partial charge in [-0.1, -0.05) is 17.7 Å². The van der Waals surface area contributed by atoms with E-state index < -0.39 is 22.5 Å². The molecular formula is C31H28ClN3O6S2. The summed E-state index contributed by atoms with van der Waals surface area (Å²) < 4.78 is 46.1. The zero-order valence-electron chi connectivity index (χ0n) is 23.8. The fraction of sp³-hybridized carbons (Fsp3) is 0.161. The zero-order chi connectivity index (χ0) is 30.7. The zero-order valence-corrected chi connectivity index (χ0v) is 26.1. The van der Waals surface area contributed by atoms with Gasteiger partial charge in [0.15, 0.2) is 11.5 Å². The first-order valence-electron chi connectivity index (χ1n) is 13.0. The van der Waals surface area contributed by atoms with Crippen molar-refractivity contribution >= 4 is 60.5 Å². The summed E-state index contributed by atoms with van der Waals surface area (Å²) in [6.45, 7) is 1.48. The third-order valence-corrected chi connectivity index (χ3v) is 9.66. The minimum Gasteiger partial charge on any atom is -0.495 e. The lowest BCUT2D eigenvalue weighted by molar-refractivity contribution is -0.114. The van der Waals surface area contributed by atoms with Crippen LogP contribution in [0.3, 0.4) is 0 Å². The third-order valence-electron chi connectivity index (χ3n) is 6.60. The Morgan fingerprint density at radius 3 is 2.28 bits per heavy atom. The normalized spacial score (nSPS) is 11.3. The number of carbonyl (C=O) groups excluding carboxylic acids is 1. The summed E-state index contributed by atoms with van der Waals surface area (Å²) >= 11 is 7.84. The Kier molecular flexibility index (Phi) is 8.77. The van der Waals surface area contributed by atoms with E-state index in [0.29, 0.717) is 11.4 Å². The Hall–Kier alpha value is -4.32. The van der Waals surface area contributed by atoms with Crippen LogP contribution in [0.5, 0.6) is 17.2 Å². The van der Waals surface area contributed by atoms with E-state index in [1.807, 2.05) is 31.2 Å². The Morgan fingerprint density at radius 2 is 1.58 bits per heavy atom. The van der Waals surface area contributed by atoms with Gasteiger partial charge in [-0.3, -0.25) is 9.10 Å². The summed E-state index contributed by atoms with van der Waals surface area (Å²) in [6.07, 6.45) is 0. The van der Waals surface area contributed by atoms with E-state index >= 15 is 0 Å². The average molecular weight is 638 g/mol. The molecule has 0 bridgehead atoms. The summed E-state index contributed by atoms with van der Waals surface area (Å²) in [4.78, 5) is 17.9. The van der Waals surface area contributed by atoms with Crippen molar-refractivity contribution in [3.8, 4) is 27.8 Å². The molecule has 222 valence electrons. The molecular weight excluding hydrogens is 610 g/mol. The first-order valence-corrected chi connectivity index (χ1v) is 15.6. The maximum absolute atomic E-state index is 14.0. The van der Waals surface area contributed by atoms with E-state index in [4.69, 9.17) is 30.8 Å². The van der Waals surface area contributed by atoms with Crippen LogP contribution in [-0.2, 0) is 14.8 Å². The van der Waals surface area contributed by atoms with Crippen molar-refractivity contribution in [2.75, 3.05) is 37.5 Å². The first kappa shape index (κ1) is 30.1. The van der Waals surface area contributed by atoms with Crippen LogP contribution in [0.2, 0.25) is 5.02 Å². The van der Waals surface area contributed by atoms with Crippen molar-refractivity contribution in [2.45, 2.75) is 11.8 Å². The number of hydrogen-bond acceptors (Lipinski definition) is 8. The highest BCUT2D eigenvalue weighted by Gasteiger charge is 2.31. The summed E-state index contributed by atoms with van der Waals surface area (Å²) in [5, 5.41) is 3.92. The molecule has 0 saturated heterocycles. The number of halogens is 1. The largest absolute Gasteiger partial charge is 0.495 e. The van der Waals surface area contributed by atoms with Gasteiger partial charge in [0, 0.05) is 22.3 Å². The van der Waals surface area contributed by atoms with E-state index in [1.54, 1.807) is 29.5 Å². The molecule has 0 fully saturated rings. The van der Waals surface area contributed by atoms with Crippen LogP contribution in [0, 0.1) is 6.92 Å². The summed E-state index contributed by atoms with van der Waals surface area (Å²) in [5.41, 5.74) is 3.58. The van der Waals surface area contributed by atoms with Crippen molar-refractivity contribution in [1.29, 1.82) is 0 Å². The van der Waals surface area contributed by atoms with Crippen molar-refractivity contribution in [3.05, 3.63) is 89.4 Å². The molecule has 0 unspecified atom stereocenters. The minimum absolute atomic E-state index is 0.0985. The number of carbonyl (C=O) groups is 1. The number of rotatable bonds is 10. The molecule has 43 heavy (non-hydrogen) atoms. The average Bonchev–Trinajstić information content (AvgIpc) is 3.43. The number of methoxy groups -OCH3 is 3. The van der Waals surface area contributed by atoms with Gasteiger partial charge >= 0.3 is 0 Å². The number of aryl methyl sites for hydroxylation is 1. The number of hydrogen-bond donors (Lipinski definition) is 1. The number of anilines is 2. The number of nitrogens with zero attached hydrogens (tertiary/aromatic N) is 2. The van der Waals surface area contributed by atoms with Gasteiger partial charge in [-0.05, 0) is 79.2 Å². The molecule has 12 heteroatoms. The monoisotopic (exact) mass is 637 g/mol. The number of benzene rings is 4. The molecule has 1 heterocycles. The number of sulfonamides is 1. The SMILES string of the molecule is COc1ccc(S(=O)(=O)N(CC(=O)Nc2ccc(-c3nc4ccc(C)cc4s3)cc2)c2cc(Cl)ccc2OC)cc1OC. The number of aromatic nitrogens is 1. The lowest BCUT2D eigenvalue weighted by atomic mass is 10.2. The number of nitrogens with one attached hydrogen (secondary N) is 1. The van der Waals surface area contributed by atoms with E-state index in [2.05, 4.69) is 11.4 Å². The molecule has 0 radical (unpaired) electrons. The Balaban J connectivity index is 1.43. The molecule has 1 amide bonds. The van der Waals surface area contributed by atoms with E-state index in [-0.39, 0.29) is 27.1 Å². The molecule has 0 aliphatic carbocycles. The maximum Gasteiger partial charge on any atom is 0.265 e. The number of amides is 1.